The molecule has 3 aromatic heterocycles. The van der Waals surface area contributed by atoms with Gasteiger partial charge in [-0.1, -0.05) is 67.4 Å². The summed E-state index contributed by atoms with van der Waals surface area (Å²) in [6.07, 6.45) is 5.48. The van der Waals surface area contributed by atoms with E-state index in [1.54, 1.807) is 23.5 Å². The summed E-state index contributed by atoms with van der Waals surface area (Å²) >= 11 is 6.14. The zero-order valence-electron chi connectivity index (χ0n) is 19.3. The Hall–Kier alpha value is -2.18. The van der Waals surface area contributed by atoms with Crippen molar-refractivity contribution in [1.82, 2.24) is 61.2 Å². The SMILES string of the molecule is C1CCOc2nnc(nn2)SCCCCSc2nnc(nn2)SCCCCSc2nnc(nn2)OC1. The summed E-state index contributed by atoms with van der Waals surface area (Å²) in [7, 11) is 0. The van der Waals surface area contributed by atoms with Gasteiger partial charge in [-0.15, -0.1) is 40.8 Å². The normalized spacial score (nSPS) is 17.2. The fourth-order valence-electron chi connectivity index (χ4n) is 2.57. The highest BCUT2D eigenvalue weighted by Gasteiger charge is 2.07. The number of rotatable bonds is 0. The summed E-state index contributed by atoms with van der Waals surface area (Å²) in [5.74, 6) is 3.52. The molecule has 0 saturated heterocycles. The summed E-state index contributed by atoms with van der Waals surface area (Å²) in [5.41, 5.74) is 0. The third kappa shape index (κ3) is 10.1. The molecule has 7 rings (SSSR count). The number of thioether (sulfide) groups is 4. The van der Waals surface area contributed by atoms with Crippen molar-refractivity contribution >= 4 is 47.0 Å². The smallest absolute Gasteiger partial charge is 0.355 e. The number of fused-ring (bicyclic) bond motifs is 3. The zero-order chi connectivity index (χ0) is 24.7. The molecule has 0 unspecified atom stereocenters. The van der Waals surface area contributed by atoms with Gasteiger partial charge in [-0.3, -0.25) is 0 Å². The molecule has 14 nitrogen and oxygen atoms in total. The first-order valence-corrected chi connectivity index (χ1v) is 15.3. The van der Waals surface area contributed by atoms with Gasteiger partial charge in [0, 0.05) is 23.0 Å². The molecule has 0 radical (unpaired) electrons. The van der Waals surface area contributed by atoms with E-state index in [9.17, 15) is 0 Å². The summed E-state index contributed by atoms with van der Waals surface area (Å²) < 4.78 is 11.0. The Morgan fingerprint density at radius 1 is 0.361 bits per heavy atom. The molecule has 4 aliphatic heterocycles. The van der Waals surface area contributed by atoms with Crippen LogP contribution in [0.4, 0.5) is 0 Å². The molecule has 0 amide bonds. The number of hydrogen-bond acceptors (Lipinski definition) is 18. The maximum atomic E-state index is 5.49. The molecular weight excluding hydrogens is 545 g/mol. The first-order chi connectivity index (χ1) is 17.8. The molecule has 3 aromatic rings. The standard InChI is InChI=1S/C18H24N12O2S4/c1-2-8-32-14-21-25-16(26-22-14)34-10-4-6-12-36-18-29-27-17(28-30-18)35-11-5-3-9-33-15-23-19-13(20-24-15)31-7-1/h1-12H2. The molecule has 0 fully saturated rings. The van der Waals surface area contributed by atoms with Gasteiger partial charge in [0.2, 0.25) is 20.6 Å². The summed E-state index contributed by atoms with van der Waals surface area (Å²) in [6.45, 7) is 0.861. The van der Waals surface area contributed by atoms with Gasteiger partial charge >= 0.3 is 12.0 Å². The van der Waals surface area contributed by atoms with Crippen molar-refractivity contribution in [2.45, 2.75) is 59.2 Å². The molecule has 0 spiro atoms. The average Bonchev–Trinajstić information content (AvgIpc) is 2.92. The van der Waals surface area contributed by atoms with Gasteiger partial charge in [-0.2, -0.15) is 0 Å². The van der Waals surface area contributed by atoms with E-state index in [4.69, 9.17) is 9.47 Å². The van der Waals surface area contributed by atoms with Crippen molar-refractivity contribution < 1.29 is 9.47 Å². The predicted molar refractivity (Wildman–Crippen MR) is 134 cm³/mol. The second-order valence-electron chi connectivity index (χ2n) is 7.11. The second kappa shape index (κ2) is 15.8. The van der Waals surface area contributed by atoms with Crippen LogP contribution in [-0.4, -0.2) is 97.4 Å². The number of nitrogens with zero attached hydrogens (tertiary/aromatic N) is 12. The van der Waals surface area contributed by atoms with Gasteiger partial charge in [0.1, 0.15) is 0 Å². The van der Waals surface area contributed by atoms with Crippen LogP contribution in [0.5, 0.6) is 12.0 Å². The molecule has 0 saturated carbocycles. The van der Waals surface area contributed by atoms with E-state index in [1.807, 2.05) is 0 Å². The third-order valence-corrected chi connectivity index (χ3v) is 7.99. The van der Waals surface area contributed by atoms with Crippen LogP contribution < -0.4 is 9.47 Å². The molecular formula is C18H24N12O2S4. The van der Waals surface area contributed by atoms with Crippen molar-refractivity contribution in [3.05, 3.63) is 0 Å². The van der Waals surface area contributed by atoms with E-state index >= 15 is 0 Å². The van der Waals surface area contributed by atoms with E-state index < -0.39 is 0 Å². The third-order valence-electron chi connectivity index (χ3n) is 4.33. The van der Waals surface area contributed by atoms with E-state index in [-0.39, 0.29) is 12.0 Å². The molecule has 4 aliphatic rings. The highest BCUT2D eigenvalue weighted by atomic mass is 32.2. The minimum absolute atomic E-state index is 0.160. The molecule has 18 heteroatoms. The minimum Gasteiger partial charge on any atom is -0.461 e. The molecule has 36 heavy (non-hydrogen) atoms. The van der Waals surface area contributed by atoms with Crippen LogP contribution >= 0.6 is 47.0 Å². The first-order valence-electron chi connectivity index (χ1n) is 11.3. The Balaban J connectivity index is 1.26. The van der Waals surface area contributed by atoms with Crippen LogP contribution in [0.2, 0.25) is 0 Å². The van der Waals surface area contributed by atoms with Crippen molar-refractivity contribution in [1.29, 1.82) is 0 Å². The van der Waals surface area contributed by atoms with E-state index in [0.717, 1.165) is 61.5 Å². The maximum Gasteiger partial charge on any atom is 0.355 e. The first kappa shape index (κ1) is 26.9. The van der Waals surface area contributed by atoms with Gasteiger partial charge < -0.3 is 9.47 Å². The monoisotopic (exact) mass is 568 g/mol. The predicted octanol–water partition coefficient (Wildman–Crippen LogP) is 2.31. The van der Waals surface area contributed by atoms with Crippen LogP contribution in [-0.2, 0) is 0 Å². The lowest BCUT2D eigenvalue weighted by atomic mass is 10.3. The van der Waals surface area contributed by atoms with Crippen LogP contribution in [0, 0.1) is 0 Å². The Labute approximate surface area is 224 Å². The highest BCUT2D eigenvalue weighted by molar-refractivity contribution is 7.99. The van der Waals surface area contributed by atoms with E-state index in [1.165, 1.54) is 23.5 Å². The second-order valence-corrected chi connectivity index (χ2v) is 11.4. The van der Waals surface area contributed by atoms with Crippen LogP contribution in [0.1, 0.15) is 38.5 Å². The molecule has 0 aliphatic carbocycles. The molecule has 7 heterocycles. The van der Waals surface area contributed by atoms with Crippen LogP contribution in [0.3, 0.4) is 0 Å². The zero-order valence-corrected chi connectivity index (χ0v) is 22.6. The fraction of sp³-hybridized carbons (Fsp3) is 0.667. The average molecular weight is 569 g/mol. The van der Waals surface area contributed by atoms with E-state index in [2.05, 4.69) is 61.2 Å². The lowest BCUT2D eigenvalue weighted by molar-refractivity contribution is 0.236. The maximum absolute atomic E-state index is 5.49. The van der Waals surface area contributed by atoms with Gasteiger partial charge in [-0.25, -0.2) is 0 Å². The van der Waals surface area contributed by atoms with E-state index in [0.29, 0.717) is 33.8 Å². The Morgan fingerprint density at radius 2 is 0.639 bits per heavy atom. The van der Waals surface area contributed by atoms with Crippen LogP contribution in [0.25, 0.3) is 0 Å². The number of ether oxygens (including phenoxy) is 2. The lowest BCUT2D eigenvalue weighted by Gasteiger charge is -2.05. The Bertz CT molecular complexity index is 807. The van der Waals surface area contributed by atoms with Crippen LogP contribution in [0.15, 0.2) is 20.6 Å². The van der Waals surface area contributed by atoms with Crippen molar-refractivity contribution in [2.24, 2.45) is 0 Å². The minimum atomic E-state index is 0.160. The number of hydrogen-bond donors (Lipinski definition) is 0. The van der Waals surface area contributed by atoms with Gasteiger partial charge in [0.15, 0.2) is 0 Å². The quantitative estimate of drug-likeness (QED) is 0.386. The van der Waals surface area contributed by atoms with Gasteiger partial charge in [-0.05, 0) is 38.5 Å². The highest BCUT2D eigenvalue weighted by Crippen LogP contribution is 2.19. The molecule has 6 bridgehead atoms. The van der Waals surface area contributed by atoms with Crippen molar-refractivity contribution in [2.75, 3.05) is 36.2 Å². The molecule has 0 N–H and O–H groups in total. The largest absolute Gasteiger partial charge is 0.461 e. The lowest BCUT2D eigenvalue weighted by Crippen LogP contribution is -2.08. The topological polar surface area (TPSA) is 173 Å². The fourth-order valence-corrected chi connectivity index (χ4v) is 5.49. The van der Waals surface area contributed by atoms with Crippen molar-refractivity contribution in [3.63, 3.8) is 0 Å². The summed E-state index contributed by atoms with van der Waals surface area (Å²) in [4.78, 5) is 0. The van der Waals surface area contributed by atoms with Gasteiger partial charge in [0.25, 0.3) is 0 Å². The Morgan fingerprint density at radius 3 is 0.944 bits per heavy atom. The molecule has 192 valence electrons. The molecule has 0 aromatic carbocycles. The van der Waals surface area contributed by atoms with Gasteiger partial charge in [0.05, 0.1) is 13.2 Å². The summed E-state index contributed by atoms with van der Waals surface area (Å²) in [6, 6.07) is 0.320. The van der Waals surface area contributed by atoms with Crippen molar-refractivity contribution in [3.8, 4) is 12.0 Å². The number of aromatic nitrogens is 12. The Kier molecular flexibility index (Phi) is 11.8. The summed E-state index contributed by atoms with van der Waals surface area (Å²) in [5, 5.41) is 51.0. The molecule has 0 atom stereocenters.